The fourth-order valence-electron chi connectivity index (χ4n) is 7.55. The summed E-state index contributed by atoms with van der Waals surface area (Å²) in [6.45, 7) is 2.79. The zero-order valence-electron chi connectivity index (χ0n) is 30.1. The van der Waals surface area contributed by atoms with E-state index in [0.717, 1.165) is 5.56 Å². The Kier molecular flexibility index (Phi) is 9.92. The predicted molar refractivity (Wildman–Crippen MR) is 198 cm³/mol. The Morgan fingerprint density at radius 3 is 2.27 bits per heavy atom. The highest BCUT2D eigenvalue weighted by molar-refractivity contribution is 6.31. The normalized spacial score (nSPS) is 24.2. The van der Waals surface area contributed by atoms with Gasteiger partial charge in [0.2, 0.25) is 5.78 Å². The topological polar surface area (TPSA) is 216 Å². The Morgan fingerprint density at radius 1 is 0.891 bits per heavy atom. The summed E-state index contributed by atoms with van der Waals surface area (Å²) in [7, 11) is 1.34. The molecule has 5 aromatic rings. The van der Waals surface area contributed by atoms with Crippen molar-refractivity contribution in [2.45, 2.75) is 69.4 Å². The quantitative estimate of drug-likeness (QED) is 0.154. The number of para-hydroxylation sites is 1. The highest BCUT2D eigenvalue weighted by Gasteiger charge is 2.49. The number of rotatable bonds is 5. The Balaban J connectivity index is 0.000000227. The van der Waals surface area contributed by atoms with Crippen molar-refractivity contribution in [3.63, 3.8) is 0 Å². The van der Waals surface area contributed by atoms with Crippen molar-refractivity contribution in [2.24, 2.45) is 5.73 Å². The molecule has 0 unspecified atom stereocenters. The van der Waals surface area contributed by atoms with Crippen molar-refractivity contribution in [3.05, 3.63) is 123 Å². The second kappa shape index (κ2) is 14.5. The van der Waals surface area contributed by atoms with E-state index < -0.39 is 82.6 Å². The van der Waals surface area contributed by atoms with Crippen LogP contribution in [0, 0.1) is 0 Å². The molecule has 0 amide bonds. The molecule has 8 rings (SSSR count). The van der Waals surface area contributed by atoms with Crippen LogP contribution >= 0.6 is 0 Å². The van der Waals surface area contributed by atoms with Crippen molar-refractivity contribution < 1.29 is 53.4 Å². The van der Waals surface area contributed by atoms with Gasteiger partial charge in [-0.2, -0.15) is 0 Å². The molecule has 284 valence electrons. The second-order valence-corrected chi connectivity index (χ2v) is 14.0. The lowest BCUT2D eigenvalue weighted by Gasteiger charge is -2.42. The van der Waals surface area contributed by atoms with Crippen molar-refractivity contribution in [1.29, 1.82) is 0 Å². The molecule has 2 heterocycles. The maximum absolute atomic E-state index is 13.6. The van der Waals surface area contributed by atoms with Crippen LogP contribution in [0.1, 0.15) is 75.8 Å². The maximum atomic E-state index is 13.6. The SMILES string of the molecule is COc1cccc2c1C(=O)c1c(O)c3c(c(O)c1C2=O)C[C@@](O)(C(C)=O)C[C@@H]3O[C@H]1C[C@H](N)[C@H](O)[C@H](C)O1.O=c1c(-c2ccccc2)coc2ccccc12. The smallest absolute Gasteiger partial charge is 0.202 e. The Hall–Kier alpha value is -5.70. The number of ketones is 3. The average molecular weight is 750 g/mol. The van der Waals surface area contributed by atoms with Crippen LogP contribution in [0.25, 0.3) is 22.1 Å². The van der Waals surface area contributed by atoms with E-state index in [-0.39, 0.29) is 46.3 Å². The molecule has 1 aromatic heterocycles. The molecule has 1 fully saturated rings. The molecule has 0 radical (unpaired) electrons. The van der Waals surface area contributed by atoms with Crippen LogP contribution in [0.2, 0.25) is 0 Å². The first-order valence-electron chi connectivity index (χ1n) is 17.7. The number of ether oxygens (including phenoxy) is 3. The van der Waals surface area contributed by atoms with Gasteiger partial charge in [0.05, 0.1) is 53.1 Å². The van der Waals surface area contributed by atoms with Gasteiger partial charge < -0.3 is 44.8 Å². The van der Waals surface area contributed by atoms with Crippen molar-refractivity contribution in [3.8, 4) is 28.4 Å². The van der Waals surface area contributed by atoms with Gasteiger partial charge in [-0.15, -0.1) is 0 Å². The number of methoxy groups -OCH3 is 1. The van der Waals surface area contributed by atoms with Crippen molar-refractivity contribution in [1.82, 2.24) is 0 Å². The summed E-state index contributed by atoms with van der Waals surface area (Å²) in [4.78, 5) is 51.9. The number of aliphatic hydroxyl groups excluding tert-OH is 1. The number of Topliss-reactive ketones (excluding diaryl/α,β-unsaturated/α-hetero) is 1. The molecule has 6 N–H and O–H groups in total. The summed E-state index contributed by atoms with van der Waals surface area (Å²) < 4.78 is 22.5. The molecule has 1 aliphatic heterocycles. The maximum Gasteiger partial charge on any atom is 0.202 e. The highest BCUT2D eigenvalue weighted by atomic mass is 16.7. The first-order chi connectivity index (χ1) is 26.2. The molecule has 0 spiro atoms. The van der Waals surface area contributed by atoms with Gasteiger partial charge >= 0.3 is 0 Å². The monoisotopic (exact) mass is 749 g/mol. The number of hydrogen-bond donors (Lipinski definition) is 5. The van der Waals surface area contributed by atoms with Gasteiger partial charge in [-0.25, -0.2) is 0 Å². The van der Waals surface area contributed by atoms with Crippen LogP contribution in [0.3, 0.4) is 0 Å². The number of aliphatic hydroxyl groups is 2. The standard InChI is InChI=1S/C27H29NO10.C15H10O2/c1-10-22(30)14(28)7-17(37-10)38-16-9-27(35,11(2)29)8-13-19(16)26(34)21-20(24(13)32)23(31)12-5-4-6-15(36-3)18(12)25(21)33;16-15-12-8-4-5-9-14(12)17-10-13(15)11-6-2-1-3-7-11/h4-6,10,14,16-17,22,30,32,34-35H,7-9,28H2,1-3H3;1-10H/t10-,14-,16-,17-,22+,27-;/m0./s1. The number of carbonyl (C=O) groups excluding carboxylic acids is 3. The Labute approximate surface area is 314 Å². The summed E-state index contributed by atoms with van der Waals surface area (Å²) in [6, 6.07) is 20.6. The van der Waals surface area contributed by atoms with E-state index in [1.807, 2.05) is 42.5 Å². The van der Waals surface area contributed by atoms with E-state index in [1.54, 1.807) is 19.1 Å². The molecule has 3 aliphatic rings. The molecule has 13 heteroatoms. The lowest BCUT2D eigenvalue weighted by atomic mass is 9.72. The van der Waals surface area contributed by atoms with Crippen molar-refractivity contribution >= 4 is 28.3 Å². The Bertz CT molecular complexity index is 2390. The van der Waals surface area contributed by atoms with Gasteiger partial charge in [-0.1, -0.05) is 54.6 Å². The third kappa shape index (κ3) is 6.49. The van der Waals surface area contributed by atoms with E-state index in [1.165, 1.54) is 38.5 Å². The number of carbonyl (C=O) groups is 3. The number of benzene rings is 4. The van der Waals surface area contributed by atoms with E-state index >= 15 is 0 Å². The Morgan fingerprint density at radius 2 is 1.58 bits per heavy atom. The van der Waals surface area contributed by atoms with Crippen LogP contribution < -0.4 is 15.9 Å². The molecular weight excluding hydrogens is 710 g/mol. The van der Waals surface area contributed by atoms with E-state index in [0.29, 0.717) is 16.5 Å². The first-order valence-corrected chi connectivity index (χ1v) is 17.7. The molecule has 13 nitrogen and oxygen atoms in total. The van der Waals surface area contributed by atoms with E-state index in [9.17, 15) is 39.6 Å². The number of phenolic OH excluding ortho intramolecular Hbond substituents is 2. The molecule has 0 saturated carbocycles. The average Bonchev–Trinajstić information content (AvgIpc) is 3.17. The third-order valence-corrected chi connectivity index (χ3v) is 10.6. The fourth-order valence-corrected chi connectivity index (χ4v) is 7.55. The van der Waals surface area contributed by atoms with Crippen LogP contribution in [0.5, 0.6) is 17.2 Å². The minimum atomic E-state index is -2.00. The lowest BCUT2D eigenvalue weighted by Crippen LogP contribution is -2.52. The number of phenols is 2. The molecule has 6 atom stereocenters. The number of nitrogens with two attached hydrogens (primary N) is 1. The van der Waals surface area contributed by atoms with Crippen LogP contribution in [0.4, 0.5) is 0 Å². The van der Waals surface area contributed by atoms with Gasteiger partial charge in [0.25, 0.3) is 0 Å². The summed E-state index contributed by atoms with van der Waals surface area (Å²) >= 11 is 0. The predicted octanol–water partition coefficient (Wildman–Crippen LogP) is 4.49. The number of fused-ring (bicyclic) bond motifs is 4. The van der Waals surface area contributed by atoms with Gasteiger partial charge in [0.1, 0.15) is 34.7 Å². The molecule has 55 heavy (non-hydrogen) atoms. The van der Waals surface area contributed by atoms with E-state index in [2.05, 4.69) is 0 Å². The van der Waals surface area contributed by atoms with E-state index in [4.69, 9.17) is 24.4 Å². The fraction of sp³-hybridized carbons (Fsp3) is 0.286. The zero-order chi connectivity index (χ0) is 39.3. The van der Waals surface area contributed by atoms with Gasteiger partial charge in [-0.3, -0.25) is 19.2 Å². The van der Waals surface area contributed by atoms with Crippen LogP contribution in [-0.2, 0) is 20.7 Å². The highest BCUT2D eigenvalue weighted by Crippen LogP contribution is 2.52. The molecule has 0 bridgehead atoms. The molecular formula is C42H39NO12. The van der Waals surface area contributed by atoms with Gasteiger partial charge in [0.15, 0.2) is 23.3 Å². The van der Waals surface area contributed by atoms with Crippen molar-refractivity contribution in [2.75, 3.05) is 7.11 Å². The number of aromatic hydroxyl groups is 2. The van der Waals surface area contributed by atoms with Crippen LogP contribution in [0.15, 0.2) is 88.3 Å². The van der Waals surface area contributed by atoms with Crippen LogP contribution in [-0.4, -0.2) is 75.0 Å². The minimum Gasteiger partial charge on any atom is -0.507 e. The van der Waals surface area contributed by atoms with Gasteiger partial charge in [-0.05, 0) is 37.6 Å². The summed E-state index contributed by atoms with van der Waals surface area (Å²) in [5, 5.41) is 44.7. The molecule has 4 aromatic carbocycles. The largest absolute Gasteiger partial charge is 0.507 e. The summed E-state index contributed by atoms with van der Waals surface area (Å²) in [6.07, 6.45) is -3.00. The lowest BCUT2D eigenvalue weighted by molar-refractivity contribution is -0.247. The second-order valence-electron chi connectivity index (χ2n) is 14.0. The summed E-state index contributed by atoms with van der Waals surface area (Å²) in [5.74, 6) is -3.18. The first kappa shape index (κ1) is 37.6. The molecule has 1 saturated heterocycles. The third-order valence-electron chi connectivity index (χ3n) is 10.6. The zero-order valence-corrected chi connectivity index (χ0v) is 30.1. The number of hydrogen-bond acceptors (Lipinski definition) is 13. The summed E-state index contributed by atoms with van der Waals surface area (Å²) in [5.41, 5.74) is 5.09. The van der Waals surface area contributed by atoms with Gasteiger partial charge in [0, 0.05) is 42.0 Å². The molecule has 2 aliphatic carbocycles. The minimum absolute atomic E-state index is 0.0121.